The van der Waals surface area contributed by atoms with Gasteiger partial charge in [-0.25, -0.2) is 0 Å². The first-order valence-electron chi connectivity index (χ1n) is 11.8. The number of benzene rings is 1. The zero-order chi connectivity index (χ0) is 25.7. The molecule has 0 bridgehead atoms. The number of hydrogen-bond acceptors (Lipinski definition) is 3. The number of nitrogens with one attached hydrogen (secondary N) is 1. The van der Waals surface area contributed by atoms with Crippen molar-refractivity contribution in [3.8, 4) is 0 Å². The maximum Gasteiger partial charge on any atom is 0.416 e. The van der Waals surface area contributed by atoms with Crippen LogP contribution in [-0.2, 0) is 6.18 Å². The number of amides is 1. The number of pyridine rings is 1. The van der Waals surface area contributed by atoms with Gasteiger partial charge < -0.3 is 10.4 Å². The van der Waals surface area contributed by atoms with E-state index in [0.717, 1.165) is 11.6 Å². The molecule has 0 radical (unpaired) electrons. The third-order valence-electron chi connectivity index (χ3n) is 6.81. The second kappa shape index (κ2) is 11.5. The van der Waals surface area contributed by atoms with Gasteiger partial charge in [0.25, 0.3) is 5.91 Å². The number of hydrogen-bond donors (Lipinski definition) is 2. The van der Waals surface area contributed by atoms with Crippen LogP contribution in [0.25, 0.3) is 0 Å². The van der Waals surface area contributed by atoms with Crippen LogP contribution in [0.1, 0.15) is 73.1 Å². The average molecular weight is 495 g/mol. The van der Waals surface area contributed by atoms with Gasteiger partial charge in [0.05, 0.1) is 17.7 Å². The summed E-state index contributed by atoms with van der Waals surface area (Å²) in [6.07, 6.45) is -2.28. The van der Waals surface area contributed by atoms with Gasteiger partial charge in [-0.3, -0.25) is 9.78 Å². The number of carbonyl (C=O) groups excluding carboxylic acids is 1. The molecule has 1 aromatic carbocycles. The van der Waals surface area contributed by atoms with Crippen LogP contribution in [0.2, 0.25) is 18.1 Å². The fourth-order valence-corrected chi connectivity index (χ4v) is 3.59. The minimum atomic E-state index is -4.40. The standard InChI is InChI=1S/C20H21F3N2O2.C6H16Si/c1-12-5-7-14(20(21,22)23)11-15(12)13-6-8-18(26)17(10-13)25-19(27)16-4-2-3-9-24-16;1-6(2,3)7(4)5/h2-5,7,9,11,13,17-18,26H,6,8,10H2,1H3,(H,25,27);7H,1-5H3/t13-,17-,18-;/m0./s1. The maximum atomic E-state index is 13.1. The molecular weight excluding hydrogens is 457 g/mol. The lowest BCUT2D eigenvalue weighted by Crippen LogP contribution is -2.46. The third-order valence-corrected chi connectivity index (χ3v) is 10.3. The quantitative estimate of drug-likeness (QED) is 0.506. The van der Waals surface area contributed by atoms with Gasteiger partial charge in [-0.1, -0.05) is 46.0 Å². The van der Waals surface area contributed by atoms with Crippen LogP contribution in [0.3, 0.4) is 0 Å². The minimum absolute atomic E-state index is 0.162. The van der Waals surface area contributed by atoms with Crippen LogP contribution in [-0.4, -0.2) is 36.9 Å². The molecule has 1 fully saturated rings. The second-order valence-corrected chi connectivity index (χ2v) is 14.5. The highest BCUT2D eigenvalue weighted by atomic mass is 28.3. The molecule has 2 N–H and O–H groups in total. The Morgan fingerprint density at radius 2 is 1.76 bits per heavy atom. The van der Waals surface area contributed by atoms with Crippen molar-refractivity contribution in [3.63, 3.8) is 0 Å². The highest BCUT2D eigenvalue weighted by Crippen LogP contribution is 2.38. The van der Waals surface area contributed by atoms with Crippen LogP contribution in [0.15, 0.2) is 42.6 Å². The number of nitrogens with zero attached hydrogens (tertiary/aromatic N) is 1. The second-order valence-electron chi connectivity index (χ2n) is 10.5. The molecule has 4 nitrogen and oxygen atoms in total. The maximum absolute atomic E-state index is 13.1. The summed E-state index contributed by atoms with van der Waals surface area (Å²) < 4.78 is 39.2. The van der Waals surface area contributed by atoms with Crippen molar-refractivity contribution in [3.05, 3.63) is 65.0 Å². The molecule has 1 heterocycles. The van der Waals surface area contributed by atoms with E-state index in [1.165, 1.54) is 18.3 Å². The molecule has 188 valence electrons. The number of alkyl halides is 3. The Morgan fingerprint density at radius 1 is 1.12 bits per heavy atom. The van der Waals surface area contributed by atoms with Crippen molar-refractivity contribution in [2.24, 2.45) is 0 Å². The van der Waals surface area contributed by atoms with Crippen LogP contribution < -0.4 is 5.32 Å². The van der Waals surface area contributed by atoms with E-state index >= 15 is 0 Å². The molecule has 0 unspecified atom stereocenters. The summed E-state index contributed by atoms with van der Waals surface area (Å²) in [4.78, 5) is 16.3. The van der Waals surface area contributed by atoms with E-state index in [-0.39, 0.29) is 20.4 Å². The zero-order valence-electron chi connectivity index (χ0n) is 20.9. The predicted molar refractivity (Wildman–Crippen MR) is 133 cm³/mol. The van der Waals surface area contributed by atoms with Gasteiger partial charge in [0.1, 0.15) is 5.69 Å². The Balaban J connectivity index is 0.000000509. The monoisotopic (exact) mass is 494 g/mol. The third kappa shape index (κ3) is 7.94. The molecule has 34 heavy (non-hydrogen) atoms. The summed E-state index contributed by atoms with van der Waals surface area (Å²) in [5, 5.41) is 13.7. The summed E-state index contributed by atoms with van der Waals surface area (Å²) in [5.74, 6) is -0.564. The molecule has 3 rings (SSSR count). The lowest BCUT2D eigenvalue weighted by molar-refractivity contribution is -0.137. The summed E-state index contributed by atoms with van der Waals surface area (Å²) in [6, 6.07) is 8.16. The molecular formula is C26H37F3N2O2Si. The highest BCUT2D eigenvalue weighted by Gasteiger charge is 2.35. The Morgan fingerprint density at radius 3 is 2.29 bits per heavy atom. The largest absolute Gasteiger partial charge is 0.416 e. The van der Waals surface area contributed by atoms with E-state index in [1.807, 2.05) is 0 Å². The first kappa shape index (κ1) is 28.0. The molecule has 2 aromatic rings. The number of aliphatic hydroxyl groups is 1. The Labute approximate surface area is 202 Å². The lowest BCUT2D eigenvalue weighted by Gasteiger charge is -2.34. The SMILES string of the molecule is C[SiH](C)C(C)(C)C.Cc1ccc(C(F)(F)F)cc1[C@H]1CC[C@H](O)[C@@H](NC(=O)c2ccccn2)C1. The fourth-order valence-electron chi connectivity index (χ4n) is 3.59. The Kier molecular flexibility index (Phi) is 9.48. The fraction of sp³-hybridized carbons (Fsp3) is 0.538. The first-order chi connectivity index (χ1) is 15.7. The number of aromatic nitrogens is 1. The van der Waals surface area contributed by atoms with Crippen molar-refractivity contribution < 1.29 is 23.1 Å². The summed E-state index contributed by atoms with van der Waals surface area (Å²) >= 11 is 0. The number of aliphatic hydroxyl groups excluding tert-OH is 1. The van der Waals surface area contributed by atoms with Gasteiger partial charge in [-0.2, -0.15) is 13.2 Å². The first-order valence-corrected chi connectivity index (χ1v) is 14.7. The summed E-state index contributed by atoms with van der Waals surface area (Å²) in [6.45, 7) is 13.5. The molecule has 1 aromatic heterocycles. The van der Waals surface area contributed by atoms with Gasteiger partial charge >= 0.3 is 6.18 Å². The molecule has 1 amide bonds. The lowest BCUT2D eigenvalue weighted by atomic mass is 9.78. The van der Waals surface area contributed by atoms with Crippen molar-refractivity contribution in [2.45, 2.75) is 89.3 Å². The Hall–Kier alpha value is -2.19. The number of halogens is 3. The van der Waals surface area contributed by atoms with E-state index in [4.69, 9.17) is 0 Å². The summed E-state index contributed by atoms with van der Waals surface area (Å²) in [7, 11) is -0.359. The topological polar surface area (TPSA) is 62.2 Å². The van der Waals surface area contributed by atoms with Crippen LogP contribution in [0.4, 0.5) is 13.2 Å². The smallest absolute Gasteiger partial charge is 0.391 e. The summed E-state index contributed by atoms with van der Waals surface area (Å²) in [5.41, 5.74) is 0.957. The number of aryl methyl sites for hydroxylation is 1. The van der Waals surface area contributed by atoms with Crippen molar-refractivity contribution in [2.75, 3.05) is 0 Å². The van der Waals surface area contributed by atoms with Crippen molar-refractivity contribution in [1.29, 1.82) is 0 Å². The average Bonchev–Trinajstić information content (AvgIpc) is 2.75. The van der Waals surface area contributed by atoms with Crippen molar-refractivity contribution >= 4 is 14.7 Å². The Bertz CT molecular complexity index is 943. The van der Waals surface area contributed by atoms with Crippen LogP contribution >= 0.6 is 0 Å². The zero-order valence-corrected chi connectivity index (χ0v) is 22.1. The van der Waals surface area contributed by atoms with E-state index in [1.54, 1.807) is 25.1 Å². The van der Waals surface area contributed by atoms with Gasteiger partial charge in [-0.05, 0) is 72.5 Å². The highest BCUT2D eigenvalue weighted by molar-refractivity contribution is 6.59. The minimum Gasteiger partial charge on any atom is -0.391 e. The molecule has 1 aliphatic carbocycles. The molecule has 3 atom stereocenters. The van der Waals surface area contributed by atoms with Gasteiger partial charge in [0.2, 0.25) is 0 Å². The molecule has 1 saturated carbocycles. The normalized spacial score (nSPS) is 21.0. The van der Waals surface area contributed by atoms with Crippen molar-refractivity contribution in [1.82, 2.24) is 10.3 Å². The number of carbonyl (C=O) groups is 1. The van der Waals surface area contributed by atoms with E-state index in [9.17, 15) is 23.1 Å². The molecule has 1 aliphatic rings. The number of rotatable bonds is 3. The van der Waals surface area contributed by atoms with E-state index in [2.05, 4.69) is 44.2 Å². The predicted octanol–water partition coefficient (Wildman–Crippen LogP) is 6.11. The molecule has 8 heteroatoms. The molecule has 0 spiro atoms. The molecule has 0 saturated heterocycles. The van der Waals surface area contributed by atoms with E-state index < -0.39 is 29.8 Å². The van der Waals surface area contributed by atoms with Gasteiger partial charge in [0, 0.05) is 15.0 Å². The van der Waals surface area contributed by atoms with E-state index in [0.29, 0.717) is 29.9 Å². The van der Waals surface area contributed by atoms with Crippen LogP contribution in [0.5, 0.6) is 0 Å². The van der Waals surface area contributed by atoms with Crippen LogP contribution in [0, 0.1) is 6.92 Å². The van der Waals surface area contributed by atoms with Gasteiger partial charge in [0.15, 0.2) is 0 Å². The molecule has 0 aliphatic heterocycles. The van der Waals surface area contributed by atoms with Gasteiger partial charge in [-0.15, -0.1) is 0 Å².